The lowest BCUT2D eigenvalue weighted by Crippen LogP contribution is -2.36. The summed E-state index contributed by atoms with van der Waals surface area (Å²) in [7, 11) is 0. The maximum Gasteiger partial charge on any atom is 0.232 e. The SMILES string of the molecule is O=C1c2cccnc2C(=O)c2nc3cc(C45CCC6CC(CC4C6)C5)ccc3nc21. The van der Waals surface area contributed by atoms with Crippen LogP contribution in [0.3, 0.4) is 0 Å². The number of nitrogens with zero attached hydrogens (tertiary/aromatic N) is 3. The third kappa shape index (κ3) is 2.05. The number of aromatic nitrogens is 3. The number of ketones is 2. The number of rotatable bonds is 1. The lowest BCUT2D eigenvalue weighted by atomic mass is 9.61. The topological polar surface area (TPSA) is 72.8 Å². The number of benzene rings is 1. The first kappa shape index (κ1) is 16.8. The van der Waals surface area contributed by atoms with E-state index < -0.39 is 0 Å². The molecule has 0 N–H and O–H groups in total. The predicted molar refractivity (Wildman–Crippen MR) is 110 cm³/mol. The lowest BCUT2D eigenvalue weighted by molar-refractivity contribution is 0.0968. The second-order valence-corrected chi connectivity index (χ2v) is 9.72. The molecular formula is C25H21N3O2. The first-order chi connectivity index (χ1) is 14.6. The van der Waals surface area contributed by atoms with Crippen molar-refractivity contribution in [1.29, 1.82) is 0 Å². The maximum absolute atomic E-state index is 13.0. The minimum absolute atomic E-state index is 0.141. The summed E-state index contributed by atoms with van der Waals surface area (Å²) in [5.41, 5.74) is 3.79. The van der Waals surface area contributed by atoms with Crippen LogP contribution in [0.1, 0.15) is 76.3 Å². The summed E-state index contributed by atoms with van der Waals surface area (Å²) in [6.07, 6.45) is 9.54. The van der Waals surface area contributed by atoms with Gasteiger partial charge in [0.15, 0.2) is 0 Å². The molecule has 3 saturated carbocycles. The molecule has 4 aliphatic rings. The summed E-state index contributed by atoms with van der Waals surface area (Å²) in [6.45, 7) is 0. The molecule has 0 aliphatic heterocycles. The average Bonchev–Trinajstić information content (AvgIpc) is 2.95. The Bertz CT molecular complexity index is 1280. The number of carbonyl (C=O) groups is 2. The molecule has 3 aromatic rings. The highest BCUT2D eigenvalue weighted by Crippen LogP contribution is 2.62. The number of carbonyl (C=O) groups excluding carboxylic acids is 2. The van der Waals surface area contributed by atoms with Crippen LogP contribution >= 0.6 is 0 Å². The molecule has 5 heteroatoms. The fourth-order valence-corrected chi connectivity index (χ4v) is 7.06. The normalized spacial score (nSPS) is 31.1. The third-order valence-electron chi connectivity index (χ3n) is 8.27. The molecule has 30 heavy (non-hydrogen) atoms. The van der Waals surface area contributed by atoms with Crippen molar-refractivity contribution in [1.82, 2.24) is 15.0 Å². The van der Waals surface area contributed by atoms with Crippen molar-refractivity contribution < 1.29 is 9.59 Å². The molecule has 3 bridgehead atoms. The summed E-state index contributed by atoms with van der Waals surface area (Å²) in [5, 5.41) is 0. The molecule has 2 heterocycles. The molecule has 3 fully saturated rings. The fraction of sp³-hybridized carbons (Fsp3) is 0.400. The van der Waals surface area contributed by atoms with E-state index in [0.29, 0.717) is 16.6 Å². The van der Waals surface area contributed by atoms with E-state index in [0.717, 1.165) is 17.8 Å². The Kier molecular flexibility index (Phi) is 3.13. The van der Waals surface area contributed by atoms with Crippen LogP contribution in [-0.4, -0.2) is 26.5 Å². The molecule has 5 nitrogen and oxygen atoms in total. The highest BCUT2D eigenvalue weighted by atomic mass is 16.1. The zero-order valence-electron chi connectivity index (χ0n) is 16.6. The van der Waals surface area contributed by atoms with Gasteiger partial charge in [-0.1, -0.05) is 6.07 Å². The molecule has 0 saturated heterocycles. The van der Waals surface area contributed by atoms with Crippen LogP contribution in [0.5, 0.6) is 0 Å². The molecule has 2 aromatic heterocycles. The first-order valence-electron chi connectivity index (χ1n) is 11.0. The number of hydrogen-bond acceptors (Lipinski definition) is 5. The van der Waals surface area contributed by atoms with Crippen molar-refractivity contribution >= 4 is 22.6 Å². The van der Waals surface area contributed by atoms with E-state index in [2.05, 4.69) is 27.1 Å². The Hall–Kier alpha value is -2.95. The van der Waals surface area contributed by atoms with E-state index in [9.17, 15) is 9.59 Å². The highest BCUT2D eigenvalue weighted by Gasteiger charge is 2.54. The van der Waals surface area contributed by atoms with Gasteiger partial charge >= 0.3 is 0 Å². The quantitative estimate of drug-likeness (QED) is 0.481. The van der Waals surface area contributed by atoms with Gasteiger partial charge in [-0.25, -0.2) is 9.97 Å². The zero-order valence-corrected chi connectivity index (χ0v) is 16.6. The molecule has 0 amide bonds. The number of hydrogen-bond donors (Lipinski definition) is 0. The van der Waals surface area contributed by atoms with Gasteiger partial charge < -0.3 is 0 Å². The van der Waals surface area contributed by atoms with Gasteiger partial charge in [0.25, 0.3) is 0 Å². The lowest BCUT2D eigenvalue weighted by Gasteiger charge is -2.43. The van der Waals surface area contributed by atoms with E-state index in [4.69, 9.17) is 0 Å². The number of fused-ring (bicyclic) bond motifs is 5. The molecule has 4 aliphatic carbocycles. The van der Waals surface area contributed by atoms with Gasteiger partial charge in [-0.15, -0.1) is 0 Å². The standard InChI is InChI=1S/C25H21N3O2/c29-23-17-2-1-7-26-20(17)24(30)22-21(23)27-18-4-3-15(11-19(18)28-22)25-6-5-13-8-14(12-25)10-16(25)9-13/h1-4,7,11,13-14,16H,5-6,8-10,12H2. The van der Waals surface area contributed by atoms with E-state index in [1.54, 1.807) is 12.1 Å². The van der Waals surface area contributed by atoms with Gasteiger partial charge in [-0.3, -0.25) is 14.6 Å². The van der Waals surface area contributed by atoms with E-state index in [1.165, 1.54) is 50.3 Å². The molecule has 148 valence electrons. The average molecular weight is 395 g/mol. The van der Waals surface area contributed by atoms with Crippen molar-refractivity contribution in [2.24, 2.45) is 17.8 Å². The van der Waals surface area contributed by atoms with Crippen LogP contribution in [0.2, 0.25) is 0 Å². The van der Waals surface area contributed by atoms with Crippen LogP contribution in [-0.2, 0) is 5.41 Å². The van der Waals surface area contributed by atoms with Gasteiger partial charge in [0, 0.05) is 6.20 Å². The molecule has 0 spiro atoms. The molecular weight excluding hydrogens is 374 g/mol. The minimum atomic E-state index is -0.310. The Labute approximate surface area is 174 Å². The van der Waals surface area contributed by atoms with Crippen molar-refractivity contribution in [3.05, 3.63) is 64.7 Å². The summed E-state index contributed by atoms with van der Waals surface area (Å²) in [4.78, 5) is 39.3. The van der Waals surface area contributed by atoms with Crippen molar-refractivity contribution in [2.45, 2.75) is 43.9 Å². The largest absolute Gasteiger partial charge is 0.287 e. The van der Waals surface area contributed by atoms with Crippen molar-refractivity contribution in [2.75, 3.05) is 0 Å². The van der Waals surface area contributed by atoms with E-state index >= 15 is 0 Å². The van der Waals surface area contributed by atoms with E-state index in [-0.39, 0.29) is 34.1 Å². The second-order valence-electron chi connectivity index (χ2n) is 9.72. The summed E-state index contributed by atoms with van der Waals surface area (Å²) < 4.78 is 0. The van der Waals surface area contributed by atoms with Crippen LogP contribution in [0, 0.1) is 17.8 Å². The zero-order chi connectivity index (χ0) is 20.0. The van der Waals surface area contributed by atoms with Gasteiger partial charge in [-0.2, -0.15) is 0 Å². The van der Waals surface area contributed by atoms with Crippen LogP contribution < -0.4 is 0 Å². The van der Waals surface area contributed by atoms with Gasteiger partial charge in [0.2, 0.25) is 11.6 Å². The molecule has 7 rings (SSSR count). The summed E-state index contributed by atoms with van der Waals surface area (Å²) in [5.74, 6) is 1.98. The smallest absolute Gasteiger partial charge is 0.232 e. The molecule has 0 radical (unpaired) electrons. The predicted octanol–water partition coefficient (Wildman–Crippen LogP) is 4.27. The summed E-state index contributed by atoms with van der Waals surface area (Å²) in [6, 6.07) is 9.65. The molecule has 4 unspecified atom stereocenters. The van der Waals surface area contributed by atoms with Crippen LogP contribution in [0.25, 0.3) is 11.0 Å². The minimum Gasteiger partial charge on any atom is -0.287 e. The summed E-state index contributed by atoms with van der Waals surface area (Å²) >= 11 is 0. The second kappa shape index (κ2) is 5.60. The van der Waals surface area contributed by atoms with Crippen molar-refractivity contribution in [3.8, 4) is 0 Å². The number of pyridine rings is 1. The Morgan fingerprint density at radius 3 is 2.63 bits per heavy atom. The molecule has 1 aromatic carbocycles. The molecule has 4 atom stereocenters. The fourth-order valence-electron chi connectivity index (χ4n) is 7.06. The van der Waals surface area contributed by atoms with Gasteiger partial charge in [0.1, 0.15) is 17.1 Å². The first-order valence-corrected chi connectivity index (χ1v) is 11.0. The van der Waals surface area contributed by atoms with E-state index in [1.807, 2.05) is 6.07 Å². The van der Waals surface area contributed by atoms with Gasteiger partial charge in [0.05, 0.1) is 16.6 Å². The third-order valence-corrected chi connectivity index (χ3v) is 8.27. The Morgan fingerprint density at radius 1 is 0.867 bits per heavy atom. The maximum atomic E-state index is 13.0. The van der Waals surface area contributed by atoms with Crippen LogP contribution in [0.15, 0.2) is 36.5 Å². The monoisotopic (exact) mass is 395 g/mol. The Morgan fingerprint density at radius 2 is 1.70 bits per heavy atom. The van der Waals surface area contributed by atoms with Crippen molar-refractivity contribution in [3.63, 3.8) is 0 Å². The highest BCUT2D eigenvalue weighted by molar-refractivity contribution is 6.26. The van der Waals surface area contributed by atoms with Gasteiger partial charge in [-0.05, 0) is 91.5 Å². The van der Waals surface area contributed by atoms with Crippen LogP contribution in [0.4, 0.5) is 0 Å². The Balaban J connectivity index is 1.39.